The Hall–Kier alpha value is -5.71. The number of pyridine rings is 1. The van der Waals surface area contributed by atoms with Gasteiger partial charge in [0, 0.05) is 31.8 Å². The summed E-state index contributed by atoms with van der Waals surface area (Å²) < 4.78 is 92.1. The Bertz CT molecular complexity index is 1820. The number of carboxylic acids is 1. The van der Waals surface area contributed by atoms with Crippen molar-refractivity contribution in [3.05, 3.63) is 102 Å². The molecule has 48 heavy (non-hydrogen) atoms. The number of oxazole rings is 2. The third-order valence-corrected chi connectivity index (χ3v) is 6.26. The monoisotopic (exact) mass is 677 g/mol. The molecule has 0 aliphatic rings. The van der Waals surface area contributed by atoms with Crippen molar-refractivity contribution in [3.8, 4) is 22.9 Å². The van der Waals surface area contributed by atoms with Gasteiger partial charge < -0.3 is 28.9 Å². The van der Waals surface area contributed by atoms with Crippen LogP contribution in [0.15, 0.2) is 87.8 Å². The van der Waals surface area contributed by atoms with Crippen LogP contribution in [0.5, 0.6) is 0 Å². The molecule has 2 aromatic carbocycles. The van der Waals surface area contributed by atoms with E-state index in [4.69, 9.17) is 14.3 Å². The van der Waals surface area contributed by atoms with Crippen LogP contribution in [0.2, 0.25) is 0 Å². The number of carboxylic acid groups (broad SMARTS) is 1. The van der Waals surface area contributed by atoms with Gasteiger partial charge in [0.1, 0.15) is 5.82 Å². The van der Waals surface area contributed by atoms with E-state index in [2.05, 4.69) is 24.7 Å². The second-order valence-corrected chi connectivity index (χ2v) is 9.70. The molecule has 0 bridgehead atoms. The molecule has 0 aliphatic carbocycles. The lowest BCUT2D eigenvalue weighted by atomic mass is 10.2. The molecule has 1 amide bonds. The minimum absolute atomic E-state index is 0.223. The predicted molar refractivity (Wildman–Crippen MR) is 158 cm³/mol. The van der Waals surface area contributed by atoms with Crippen LogP contribution < -0.4 is 10.2 Å². The van der Waals surface area contributed by atoms with Gasteiger partial charge in [-0.05, 0) is 36.4 Å². The predicted octanol–water partition coefficient (Wildman–Crippen LogP) is 7.15. The minimum atomic E-state index is -4.90. The summed E-state index contributed by atoms with van der Waals surface area (Å²) in [5.41, 5.74) is -1.16. The first-order chi connectivity index (χ1) is 22.7. The maximum atomic E-state index is 13.4. The summed E-state index contributed by atoms with van der Waals surface area (Å²) in [6.45, 7) is 1.11. The summed E-state index contributed by atoms with van der Waals surface area (Å²) >= 11 is 0. The summed E-state index contributed by atoms with van der Waals surface area (Å²) in [6, 6.07) is 19.0. The van der Waals surface area contributed by atoms with E-state index in [0.717, 1.165) is 0 Å². The van der Waals surface area contributed by atoms with Gasteiger partial charge in [-0.25, -0.2) is 19.7 Å². The van der Waals surface area contributed by atoms with Crippen LogP contribution in [0, 0.1) is 0 Å². The zero-order valence-corrected chi connectivity index (χ0v) is 25.0. The van der Waals surface area contributed by atoms with Crippen LogP contribution in [0.25, 0.3) is 22.9 Å². The lowest BCUT2D eigenvalue weighted by molar-refractivity contribution is -0.153. The van der Waals surface area contributed by atoms with Gasteiger partial charge in [0.2, 0.25) is 23.3 Å². The molecule has 3 aromatic heterocycles. The van der Waals surface area contributed by atoms with Crippen molar-refractivity contribution in [2.24, 2.45) is 0 Å². The molecule has 0 saturated heterocycles. The highest BCUT2D eigenvalue weighted by molar-refractivity contribution is 6.04. The van der Waals surface area contributed by atoms with Crippen LogP contribution in [-0.2, 0) is 17.1 Å². The number of methoxy groups -OCH3 is 1. The highest BCUT2D eigenvalue weighted by Gasteiger charge is 2.43. The number of hydrogen-bond acceptors (Lipinski definition) is 9. The molecule has 5 rings (SSSR count). The van der Waals surface area contributed by atoms with Crippen LogP contribution in [-0.4, -0.2) is 59.2 Å². The molecule has 0 fully saturated rings. The van der Waals surface area contributed by atoms with Crippen molar-refractivity contribution in [1.29, 1.82) is 0 Å². The molecule has 2 N–H and O–H groups in total. The SMILES string of the molecule is COCCN(C)c1ccc(NC(=O)c2nc(-c3ccccc3)oc2C(F)(F)F)cn1.O=C(O)c1nc(-c2ccccc2)oc1C(F)(F)F. The average Bonchev–Trinajstić information content (AvgIpc) is 3.72. The van der Waals surface area contributed by atoms with Crippen LogP contribution in [0.4, 0.5) is 37.8 Å². The third-order valence-electron chi connectivity index (χ3n) is 6.26. The third kappa shape index (κ3) is 8.75. The quantitative estimate of drug-likeness (QED) is 0.154. The summed E-state index contributed by atoms with van der Waals surface area (Å²) in [5, 5.41) is 11.0. The molecule has 5 aromatic rings. The summed E-state index contributed by atoms with van der Waals surface area (Å²) in [4.78, 5) is 36.4. The molecule has 0 spiro atoms. The summed E-state index contributed by atoms with van der Waals surface area (Å²) in [6.07, 6.45) is -8.42. The Morgan fingerprint density at radius 3 is 1.73 bits per heavy atom. The number of nitrogens with zero attached hydrogens (tertiary/aromatic N) is 4. The second-order valence-electron chi connectivity index (χ2n) is 9.70. The average molecular weight is 678 g/mol. The second kappa shape index (κ2) is 14.8. The molecule has 0 aliphatic heterocycles. The smallest absolute Gasteiger partial charge is 0.452 e. The number of hydrogen-bond donors (Lipinski definition) is 2. The zero-order chi connectivity index (χ0) is 35.1. The number of amides is 1. The lowest BCUT2D eigenvalue weighted by Crippen LogP contribution is -2.23. The highest BCUT2D eigenvalue weighted by Crippen LogP contribution is 2.36. The number of benzene rings is 2. The largest absolute Gasteiger partial charge is 0.476 e. The van der Waals surface area contributed by atoms with E-state index in [1.807, 2.05) is 11.9 Å². The van der Waals surface area contributed by atoms with E-state index < -0.39 is 47.1 Å². The summed E-state index contributed by atoms with van der Waals surface area (Å²) in [5.74, 6) is -5.93. The van der Waals surface area contributed by atoms with Crippen molar-refractivity contribution >= 4 is 23.4 Å². The fraction of sp³-hybridized carbons (Fsp3) is 0.194. The Labute approximate surface area is 267 Å². The van der Waals surface area contributed by atoms with Crippen molar-refractivity contribution in [2.75, 3.05) is 37.5 Å². The fourth-order valence-electron chi connectivity index (χ4n) is 3.95. The first-order valence-electron chi connectivity index (χ1n) is 13.7. The number of rotatable bonds is 9. The maximum Gasteiger partial charge on any atom is 0.452 e. The van der Waals surface area contributed by atoms with Gasteiger partial charge >= 0.3 is 18.3 Å². The van der Waals surface area contributed by atoms with Crippen molar-refractivity contribution in [3.63, 3.8) is 0 Å². The van der Waals surface area contributed by atoms with Gasteiger partial charge in [-0.2, -0.15) is 26.3 Å². The molecular formula is C31H25F6N5O6. The molecule has 0 atom stereocenters. The first kappa shape index (κ1) is 35.1. The molecule has 11 nitrogen and oxygen atoms in total. The number of aromatic nitrogens is 3. The molecule has 0 radical (unpaired) electrons. The number of nitrogens with one attached hydrogen (secondary N) is 1. The van der Waals surface area contributed by atoms with Crippen molar-refractivity contribution < 1.29 is 54.6 Å². The van der Waals surface area contributed by atoms with Crippen LogP contribution >= 0.6 is 0 Å². The Morgan fingerprint density at radius 2 is 1.31 bits per heavy atom. The minimum Gasteiger partial charge on any atom is -0.476 e. The first-order valence-corrected chi connectivity index (χ1v) is 13.7. The molecule has 0 saturated carbocycles. The van der Waals surface area contributed by atoms with E-state index >= 15 is 0 Å². The van der Waals surface area contributed by atoms with Gasteiger partial charge in [-0.15, -0.1) is 0 Å². The van der Waals surface area contributed by atoms with Crippen LogP contribution in [0.3, 0.4) is 0 Å². The molecule has 3 heterocycles. The Kier molecular flexibility index (Phi) is 10.8. The number of carbonyl (C=O) groups excluding carboxylic acids is 1. The number of halogens is 6. The van der Waals surface area contributed by atoms with Gasteiger partial charge in [0.15, 0.2) is 11.4 Å². The van der Waals surface area contributed by atoms with Gasteiger partial charge in [-0.3, -0.25) is 4.79 Å². The maximum absolute atomic E-state index is 13.4. The number of carbonyl (C=O) groups is 2. The van der Waals surface area contributed by atoms with Crippen molar-refractivity contribution in [2.45, 2.75) is 12.4 Å². The number of alkyl halides is 6. The summed E-state index contributed by atoms with van der Waals surface area (Å²) in [7, 11) is 3.40. The van der Waals surface area contributed by atoms with E-state index in [0.29, 0.717) is 24.5 Å². The number of likely N-dealkylation sites (N-methyl/N-ethyl adjacent to an activating group) is 1. The van der Waals surface area contributed by atoms with E-state index in [1.165, 1.54) is 36.5 Å². The Balaban J connectivity index is 0.000000246. The molecule has 0 unspecified atom stereocenters. The Morgan fingerprint density at radius 1 is 0.812 bits per heavy atom. The highest BCUT2D eigenvalue weighted by atomic mass is 19.4. The van der Waals surface area contributed by atoms with E-state index in [9.17, 15) is 35.9 Å². The fourth-order valence-corrected chi connectivity index (χ4v) is 3.95. The normalized spacial score (nSPS) is 11.4. The van der Waals surface area contributed by atoms with E-state index in [1.54, 1.807) is 49.6 Å². The van der Waals surface area contributed by atoms with E-state index in [-0.39, 0.29) is 23.0 Å². The molecule has 17 heteroatoms. The number of anilines is 2. The topological polar surface area (TPSA) is 144 Å². The standard InChI is InChI=1S/C20H19F3N4O3.C11H6F3NO3/c1-27(10-11-29-2)15-9-8-14(12-24-15)25-18(28)16-17(20(21,22)23)30-19(26-16)13-6-4-3-5-7-13;12-11(13,14)8-7(10(16)17)15-9(18-8)6-4-2-1-3-5-6/h3-9,12H,10-11H2,1-2H3,(H,25,28);1-5H,(H,16,17). The van der Waals surface area contributed by atoms with Gasteiger partial charge in [-0.1, -0.05) is 36.4 Å². The number of ether oxygens (including phenoxy) is 1. The number of aromatic carboxylic acids is 1. The molecule has 252 valence electrons. The van der Waals surface area contributed by atoms with Crippen molar-refractivity contribution in [1.82, 2.24) is 15.0 Å². The molecular weight excluding hydrogens is 652 g/mol. The lowest BCUT2D eigenvalue weighted by Gasteiger charge is -2.17. The van der Waals surface area contributed by atoms with Crippen LogP contribution in [0.1, 0.15) is 32.5 Å². The van der Waals surface area contributed by atoms with Gasteiger partial charge in [0.25, 0.3) is 5.91 Å². The van der Waals surface area contributed by atoms with Gasteiger partial charge in [0.05, 0.1) is 18.5 Å². The zero-order valence-electron chi connectivity index (χ0n) is 25.0.